The fourth-order valence-electron chi connectivity index (χ4n) is 2.49. The zero-order valence-electron chi connectivity index (χ0n) is 12.4. The molecule has 0 aliphatic heterocycles. The number of aliphatic carboxylic acids is 1. The van der Waals surface area contributed by atoms with Gasteiger partial charge in [0.2, 0.25) is 0 Å². The molecular formula is C16H14N4O3. The number of aromatic nitrogens is 4. The molecule has 0 fully saturated rings. The SMILES string of the molecule is C=C(C)c1nn2ccccc2c1-c1n[nH]c(=O)cc1CC(=O)O. The maximum absolute atomic E-state index is 11.5. The Morgan fingerprint density at radius 3 is 2.91 bits per heavy atom. The molecule has 7 heteroatoms. The van der Waals surface area contributed by atoms with Gasteiger partial charge in [-0.25, -0.2) is 9.61 Å². The number of aromatic amines is 1. The van der Waals surface area contributed by atoms with Gasteiger partial charge in [0.1, 0.15) is 0 Å². The first-order valence-electron chi connectivity index (χ1n) is 6.91. The summed E-state index contributed by atoms with van der Waals surface area (Å²) in [6.07, 6.45) is 1.49. The number of carboxylic acid groups (broad SMARTS) is 1. The van der Waals surface area contributed by atoms with Crippen LogP contribution in [-0.4, -0.2) is 30.9 Å². The van der Waals surface area contributed by atoms with E-state index in [0.717, 1.165) is 11.1 Å². The number of carboxylic acids is 1. The van der Waals surface area contributed by atoms with E-state index in [0.29, 0.717) is 22.5 Å². The summed E-state index contributed by atoms with van der Waals surface area (Å²) in [7, 11) is 0. The molecular weight excluding hydrogens is 296 g/mol. The number of pyridine rings is 1. The molecule has 0 aliphatic carbocycles. The summed E-state index contributed by atoms with van der Waals surface area (Å²) in [4.78, 5) is 22.6. The molecule has 2 N–H and O–H groups in total. The largest absolute Gasteiger partial charge is 0.481 e. The van der Waals surface area contributed by atoms with Gasteiger partial charge in [0.05, 0.1) is 28.9 Å². The highest BCUT2D eigenvalue weighted by atomic mass is 16.4. The minimum atomic E-state index is -1.04. The third-order valence-corrected chi connectivity index (χ3v) is 3.41. The molecule has 3 rings (SSSR count). The lowest BCUT2D eigenvalue weighted by molar-refractivity contribution is -0.136. The predicted molar refractivity (Wildman–Crippen MR) is 85.1 cm³/mol. The zero-order chi connectivity index (χ0) is 16.6. The average molecular weight is 310 g/mol. The lowest BCUT2D eigenvalue weighted by Crippen LogP contribution is -2.13. The van der Waals surface area contributed by atoms with Crippen molar-refractivity contribution in [2.45, 2.75) is 13.3 Å². The van der Waals surface area contributed by atoms with E-state index in [-0.39, 0.29) is 6.42 Å². The van der Waals surface area contributed by atoms with E-state index in [1.807, 2.05) is 25.1 Å². The second-order valence-electron chi connectivity index (χ2n) is 5.21. The first-order chi connectivity index (χ1) is 11.0. The van der Waals surface area contributed by atoms with Gasteiger partial charge in [0.25, 0.3) is 5.56 Å². The van der Waals surface area contributed by atoms with E-state index in [4.69, 9.17) is 5.11 Å². The van der Waals surface area contributed by atoms with Crippen molar-refractivity contribution < 1.29 is 9.90 Å². The minimum Gasteiger partial charge on any atom is -0.481 e. The van der Waals surface area contributed by atoms with Crippen LogP contribution in [0.1, 0.15) is 18.2 Å². The Hall–Kier alpha value is -3.22. The van der Waals surface area contributed by atoms with Crippen molar-refractivity contribution in [3.8, 4) is 11.3 Å². The number of nitrogens with one attached hydrogen (secondary N) is 1. The van der Waals surface area contributed by atoms with E-state index in [2.05, 4.69) is 21.9 Å². The molecule has 23 heavy (non-hydrogen) atoms. The van der Waals surface area contributed by atoms with Gasteiger partial charge in [0.15, 0.2) is 0 Å². The van der Waals surface area contributed by atoms with Crippen molar-refractivity contribution in [2.24, 2.45) is 0 Å². The third-order valence-electron chi connectivity index (χ3n) is 3.41. The maximum Gasteiger partial charge on any atom is 0.307 e. The second-order valence-corrected chi connectivity index (χ2v) is 5.21. The van der Waals surface area contributed by atoms with Gasteiger partial charge in [-0.05, 0) is 30.2 Å². The molecule has 0 bridgehead atoms. The molecule has 0 aliphatic rings. The summed E-state index contributed by atoms with van der Waals surface area (Å²) in [6.45, 7) is 5.74. The molecule has 3 heterocycles. The Bertz CT molecular complexity index is 984. The number of rotatable bonds is 4. The van der Waals surface area contributed by atoms with Crippen molar-refractivity contribution in [3.05, 3.63) is 58.7 Å². The predicted octanol–water partition coefficient (Wildman–Crippen LogP) is 1.74. The number of fused-ring (bicyclic) bond motifs is 1. The zero-order valence-corrected chi connectivity index (χ0v) is 12.4. The van der Waals surface area contributed by atoms with Gasteiger partial charge in [-0.2, -0.15) is 10.2 Å². The normalized spacial score (nSPS) is 10.8. The van der Waals surface area contributed by atoms with E-state index in [9.17, 15) is 9.59 Å². The van der Waals surface area contributed by atoms with Crippen molar-refractivity contribution in [2.75, 3.05) is 0 Å². The number of allylic oxidation sites excluding steroid dienone is 1. The van der Waals surface area contributed by atoms with Crippen LogP contribution in [0, 0.1) is 0 Å². The fraction of sp³-hybridized carbons (Fsp3) is 0.125. The summed E-state index contributed by atoms with van der Waals surface area (Å²) in [6, 6.07) is 6.80. The average Bonchev–Trinajstić information content (AvgIpc) is 2.86. The molecule has 7 nitrogen and oxygen atoms in total. The van der Waals surface area contributed by atoms with E-state index >= 15 is 0 Å². The Morgan fingerprint density at radius 1 is 1.43 bits per heavy atom. The smallest absolute Gasteiger partial charge is 0.307 e. The summed E-state index contributed by atoms with van der Waals surface area (Å²) in [5, 5.41) is 20.0. The highest BCUT2D eigenvalue weighted by Gasteiger charge is 2.20. The number of hydrogen-bond donors (Lipinski definition) is 2. The van der Waals surface area contributed by atoms with Gasteiger partial charge in [-0.1, -0.05) is 12.6 Å². The highest BCUT2D eigenvalue weighted by Crippen LogP contribution is 2.32. The van der Waals surface area contributed by atoms with Crippen LogP contribution in [0.5, 0.6) is 0 Å². The molecule has 116 valence electrons. The van der Waals surface area contributed by atoms with Crippen molar-refractivity contribution in [1.82, 2.24) is 19.8 Å². The topological polar surface area (TPSA) is 100 Å². The Kier molecular flexibility index (Phi) is 3.53. The van der Waals surface area contributed by atoms with Gasteiger partial charge in [-0.15, -0.1) is 0 Å². The third kappa shape index (κ3) is 2.64. The van der Waals surface area contributed by atoms with E-state index in [1.54, 1.807) is 10.7 Å². The van der Waals surface area contributed by atoms with Crippen LogP contribution in [0.3, 0.4) is 0 Å². The molecule has 0 aromatic carbocycles. The second kappa shape index (κ2) is 5.53. The number of carbonyl (C=O) groups is 1. The Morgan fingerprint density at radius 2 is 2.22 bits per heavy atom. The quantitative estimate of drug-likeness (QED) is 0.764. The first-order valence-corrected chi connectivity index (χ1v) is 6.91. The molecule has 3 aromatic heterocycles. The summed E-state index contributed by atoms with van der Waals surface area (Å²) in [5.41, 5.74) is 3.04. The van der Waals surface area contributed by atoms with Crippen LogP contribution < -0.4 is 5.56 Å². The van der Waals surface area contributed by atoms with Crippen molar-refractivity contribution >= 4 is 17.1 Å². The molecule has 0 radical (unpaired) electrons. The first kappa shape index (κ1) is 14.7. The van der Waals surface area contributed by atoms with Crippen LogP contribution in [-0.2, 0) is 11.2 Å². The van der Waals surface area contributed by atoms with E-state index < -0.39 is 11.5 Å². The Balaban J connectivity index is 2.36. The standard InChI is InChI=1S/C16H14N4O3/c1-9(2)15-14(11-5-3-4-6-20(11)19-15)16-10(8-13(22)23)7-12(21)17-18-16/h3-7H,1,8H2,2H3,(H,17,21)(H,22,23). The number of hydrogen-bond acceptors (Lipinski definition) is 4. The molecule has 0 saturated heterocycles. The summed E-state index contributed by atoms with van der Waals surface area (Å²) in [5.74, 6) is -1.04. The Labute approximate surface area is 130 Å². The van der Waals surface area contributed by atoms with Crippen LogP contribution in [0.25, 0.3) is 22.3 Å². The lowest BCUT2D eigenvalue weighted by atomic mass is 10.0. The van der Waals surface area contributed by atoms with Crippen molar-refractivity contribution in [3.63, 3.8) is 0 Å². The van der Waals surface area contributed by atoms with E-state index in [1.165, 1.54) is 6.07 Å². The number of nitrogens with zero attached hydrogens (tertiary/aromatic N) is 3. The van der Waals surface area contributed by atoms with Gasteiger partial charge < -0.3 is 5.11 Å². The molecule has 0 amide bonds. The maximum atomic E-state index is 11.5. The minimum absolute atomic E-state index is 0.300. The van der Waals surface area contributed by atoms with Crippen molar-refractivity contribution in [1.29, 1.82) is 0 Å². The molecule has 0 saturated carbocycles. The van der Waals surface area contributed by atoms with Gasteiger partial charge in [0, 0.05) is 12.3 Å². The molecule has 3 aromatic rings. The monoisotopic (exact) mass is 310 g/mol. The van der Waals surface area contributed by atoms with Crippen LogP contribution in [0.2, 0.25) is 0 Å². The molecule has 0 unspecified atom stereocenters. The summed E-state index contributed by atoms with van der Waals surface area (Å²) < 4.78 is 1.68. The van der Waals surface area contributed by atoms with Gasteiger partial charge in [-0.3, -0.25) is 9.59 Å². The number of H-pyrrole nitrogens is 1. The van der Waals surface area contributed by atoms with Crippen LogP contribution in [0.15, 0.2) is 41.8 Å². The summed E-state index contributed by atoms with van der Waals surface area (Å²) >= 11 is 0. The van der Waals surface area contributed by atoms with Crippen LogP contribution >= 0.6 is 0 Å². The molecule has 0 atom stereocenters. The van der Waals surface area contributed by atoms with Crippen LogP contribution in [0.4, 0.5) is 0 Å². The highest BCUT2D eigenvalue weighted by molar-refractivity contribution is 5.89. The molecule has 0 spiro atoms. The van der Waals surface area contributed by atoms with Gasteiger partial charge >= 0.3 is 5.97 Å². The lowest BCUT2D eigenvalue weighted by Gasteiger charge is -2.07. The fourth-order valence-corrected chi connectivity index (χ4v) is 2.49.